The quantitative estimate of drug-likeness (QED) is 0.209. The maximum Gasteiger partial charge on any atom is 0.243 e. The van der Waals surface area contributed by atoms with Crippen LogP contribution < -0.4 is 20.1 Å². The van der Waals surface area contributed by atoms with E-state index in [1.165, 1.54) is 5.56 Å². The second-order valence-electron chi connectivity index (χ2n) is 6.33. The van der Waals surface area contributed by atoms with Crippen LogP contribution in [0.25, 0.3) is 0 Å². The van der Waals surface area contributed by atoms with E-state index in [4.69, 9.17) is 9.47 Å². The zero-order valence-corrected chi connectivity index (χ0v) is 20.0. The molecule has 160 valence electrons. The number of carbonyl (C=O) groups excluding carboxylic acids is 1. The number of ether oxygens (including phenoxy) is 2. The molecule has 1 rings (SSSR count). The summed E-state index contributed by atoms with van der Waals surface area (Å²) in [7, 11) is 5.11. The minimum atomic E-state index is -0.0192. The molecule has 2 N–H and O–H groups in total. The number of amides is 1. The molecule has 0 atom stereocenters. The van der Waals surface area contributed by atoms with Gasteiger partial charge in [0.05, 0.1) is 13.7 Å². The highest BCUT2D eigenvalue weighted by atomic mass is 127. The molecule has 0 radical (unpaired) electrons. The Labute approximate surface area is 186 Å². The molecule has 0 spiro atoms. The summed E-state index contributed by atoms with van der Waals surface area (Å²) in [5, 5.41) is 6.53. The standard InChI is InChI=1S/C20H34N4O3.HI/c1-6-12-21-20(23-15-19(25)24(3)4)22-13-8-9-16-10-11-17(26-5)18(14-16)27-7-2;/h10-11,14H,6-9,12-13,15H2,1-5H3,(H2,21,22,23);1H. The lowest BCUT2D eigenvalue weighted by Gasteiger charge is -2.14. The smallest absolute Gasteiger partial charge is 0.243 e. The van der Waals surface area contributed by atoms with Crippen LogP contribution in [-0.4, -0.2) is 64.2 Å². The van der Waals surface area contributed by atoms with Crippen molar-refractivity contribution in [3.05, 3.63) is 23.8 Å². The molecule has 0 saturated carbocycles. The number of benzene rings is 1. The Morgan fingerprint density at radius 1 is 1.14 bits per heavy atom. The normalized spacial score (nSPS) is 10.7. The number of hydrogen-bond donors (Lipinski definition) is 2. The van der Waals surface area contributed by atoms with Crippen molar-refractivity contribution in [1.29, 1.82) is 0 Å². The number of likely N-dealkylation sites (N-methyl/N-ethyl adjacent to an activating group) is 1. The molecule has 0 heterocycles. The Balaban J connectivity index is 0.00000729. The summed E-state index contributed by atoms with van der Waals surface area (Å²) in [6.45, 7) is 6.38. The first kappa shape index (κ1) is 26.3. The lowest BCUT2D eigenvalue weighted by Crippen LogP contribution is -2.39. The van der Waals surface area contributed by atoms with Gasteiger partial charge in [-0.05, 0) is 43.9 Å². The topological polar surface area (TPSA) is 75.2 Å². The van der Waals surface area contributed by atoms with Crippen LogP contribution in [0.2, 0.25) is 0 Å². The van der Waals surface area contributed by atoms with E-state index in [-0.39, 0.29) is 36.4 Å². The fourth-order valence-electron chi connectivity index (χ4n) is 2.35. The van der Waals surface area contributed by atoms with E-state index in [1.807, 2.05) is 19.1 Å². The summed E-state index contributed by atoms with van der Waals surface area (Å²) in [4.78, 5) is 17.6. The van der Waals surface area contributed by atoms with E-state index >= 15 is 0 Å². The Morgan fingerprint density at radius 3 is 2.46 bits per heavy atom. The van der Waals surface area contributed by atoms with E-state index in [9.17, 15) is 4.79 Å². The number of hydrogen-bond acceptors (Lipinski definition) is 4. The van der Waals surface area contributed by atoms with E-state index in [0.29, 0.717) is 12.6 Å². The first-order valence-corrected chi connectivity index (χ1v) is 9.53. The van der Waals surface area contributed by atoms with Gasteiger partial charge in [-0.2, -0.15) is 0 Å². The van der Waals surface area contributed by atoms with E-state index in [2.05, 4.69) is 28.6 Å². The van der Waals surface area contributed by atoms with Crippen LogP contribution in [0.3, 0.4) is 0 Å². The molecular formula is C20H35IN4O3. The van der Waals surface area contributed by atoms with Gasteiger partial charge >= 0.3 is 0 Å². The number of nitrogens with one attached hydrogen (secondary N) is 2. The van der Waals surface area contributed by atoms with E-state index in [0.717, 1.165) is 43.9 Å². The van der Waals surface area contributed by atoms with Gasteiger partial charge < -0.3 is 25.0 Å². The highest BCUT2D eigenvalue weighted by molar-refractivity contribution is 14.0. The zero-order chi connectivity index (χ0) is 20.1. The largest absolute Gasteiger partial charge is 0.493 e. The van der Waals surface area contributed by atoms with Crippen LogP contribution in [0.1, 0.15) is 32.3 Å². The monoisotopic (exact) mass is 506 g/mol. The van der Waals surface area contributed by atoms with Gasteiger partial charge in [0.15, 0.2) is 17.5 Å². The van der Waals surface area contributed by atoms with Gasteiger partial charge in [0.2, 0.25) is 5.91 Å². The molecule has 8 heteroatoms. The summed E-state index contributed by atoms with van der Waals surface area (Å²) >= 11 is 0. The minimum Gasteiger partial charge on any atom is -0.493 e. The van der Waals surface area contributed by atoms with Gasteiger partial charge in [-0.1, -0.05) is 13.0 Å². The van der Waals surface area contributed by atoms with Crippen molar-refractivity contribution >= 4 is 35.8 Å². The van der Waals surface area contributed by atoms with Crippen LogP contribution in [0, 0.1) is 0 Å². The minimum absolute atomic E-state index is 0. The van der Waals surface area contributed by atoms with Crippen molar-refractivity contribution in [1.82, 2.24) is 15.5 Å². The molecule has 1 aromatic carbocycles. The third kappa shape index (κ3) is 10.0. The maximum absolute atomic E-state index is 11.7. The number of guanidine groups is 1. The van der Waals surface area contributed by atoms with Crippen LogP contribution in [0.15, 0.2) is 23.2 Å². The Hall–Kier alpha value is -1.71. The highest BCUT2D eigenvalue weighted by Crippen LogP contribution is 2.28. The van der Waals surface area contributed by atoms with Gasteiger partial charge in [-0.15, -0.1) is 24.0 Å². The highest BCUT2D eigenvalue weighted by Gasteiger charge is 2.06. The van der Waals surface area contributed by atoms with Gasteiger partial charge in [0.1, 0.15) is 6.54 Å². The average Bonchev–Trinajstić information content (AvgIpc) is 2.66. The summed E-state index contributed by atoms with van der Waals surface area (Å²) in [6.07, 6.45) is 2.84. The molecule has 0 saturated heterocycles. The number of aliphatic imine (C=N–C) groups is 1. The second kappa shape index (κ2) is 15.2. The molecule has 1 amide bonds. The number of carbonyl (C=O) groups is 1. The third-order valence-electron chi connectivity index (χ3n) is 3.88. The van der Waals surface area contributed by atoms with Gasteiger partial charge in [-0.3, -0.25) is 4.79 Å². The molecule has 0 fully saturated rings. The average molecular weight is 506 g/mol. The van der Waals surface area contributed by atoms with Crippen LogP contribution in [0.5, 0.6) is 11.5 Å². The predicted molar refractivity (Wildman–Crippen MR) is 125 cm³/mol. The number of methoxy groups -OCH3 is 1. The predicted octanol–water partition coefficient (Wildman–Crippen LogP) is 2.68. The second-order valence-corrected chi connectivity index (χ2v) is 6.33. The van der Waals surface area contributed by atoms with Crippen molar-refractivity contribution in [2.24, 2.45) is 4.99 Å². The molecular weight excluding hydrogens is 471 g/mol. The summed E-state index contributed by atoms with van der Waals surface area (Å²) in [5.74, 6) is 2.19. The summed E-state index contributed by atoms with van der Waals surface area (Å²) in [6, 6.07) is 6.03. The molecule has 7 nitrogen and oxygen atoms in total. The molecule has 0 bridgehead atoms. The molecule has 28 heavy (non-hydrogen) atoms. The van der Waals surface area contributed by atoms with Crippen LogP contribution >= 0.6 is 24.0 Å². The zero-order valence-electron chi connectivity index (χ0n) is 17.7. The molecule has 0 unspecified atom stereocenters. The molecule has 0 aliphatic carbocycles. The van der Waals surface area contributed by atoms with Crippen molar-refractivity contribution in [3.8, 4) is 11.5 Å². The summed E-state index contributed by atoms with van der Waals surface area (Å²) < 4.78 is 10.9. The number of rotatable bonds is 11. The van der Waals surface area contributed by atoms with Crippen LogP contribution in [0.4, 0.5) is 0 Å². The van der Waals surface area contributed by atoms with Gasteiger partial charge in [-0.25, -0.2) is 4.99 Å². The molecule has 0 aliphatic heterocycles. The Bertz CT molecular complexity index is 609. The fourth-order valence-corrected chi connectivity index (χ4v) is 2.35. The third-order valence-corrected chi connectivity index (χ3v) is 3.88. The fraction of sp³-hybridized carbons (Fsp3) is 0.600. The number of nitrogens with zero attached hydrogens (tertiary/aromatic N) is 2. The number of aryl methyl sites for hydroxylation is 1. The SMILES string of the molecule is CCCNC(=NCC(=O)N(C)C)NCCCc1ccc(OC)c(OCC)c1.I. The lowest BCUT2D eigenvalue weighted by atomic mass is 10.1. The van der Waals surface area contributed by atoms with Gasteiger partial charge in [0.25, 0.3) is 0 Å². The van der Waals surface area contributed by atoms with Crippen molar-refractivity contribution in [2.45, 2.75) is 33.1 Å². The maximum atomic E-state index is 11.7. The van der Waals surface area contributed by atoms with Crippen molar-refractivity contribution < 1.29 is 14.3 Å². The Kier molecular flexibility index (Phi) is 14.3. The first-order chi connectivity index (χ1) is 13.0. The van der Waals surface area contributed by atoms with Crippen molar-refractivity contribution in [2.75, 3.05) is 47.4 Å². The summed E-state index contributed by atoms with van der Waals surface area (Å²) in [5.41, 5.74) is 1.20. The lowest BCUT2D eigenvalue weighted by molar-refractivity contribution is -0.127. The molecule has 0 aromatic heterocycles. The van der Waals surface area contributed by atoms with Crippen LogP contribution in [-0.2, 0) is 11.2 Å². The van der Waals surface area contributed by atoms with Gasteiger partial charge in [0, 0.05) is 27.2 Å². The number of halogens is 1. The first-order valence-electron chi connectivity index (χ1n) is 9.53. The Morgan fingerprint density at radius 2 is 1.86 bits per heavy atom. The van der Waals surface area contributed by atoms with E-state index in [1.54, 1.807) is 26.1 Å². The molecule has 0 aliphatic rings. The van der Waals surface area contributed by atoms with Crippen molar-refractivity contribution in [3.63, 3.8) is 0 Å². The molecule has 1 aromatic rings. The van der Waals surface area contributed by atoms with E-state index < -0.39 is 0 Å².